The van der Waals surface area contributed by atoms with Gasteiger partial charge >= 0.3 is 12.6 Å². The monoisotopic (exact) mass is 448 g/mol. The van der Waals surface area contributed by atoms with E-state index in [1.165, 1.54) is 18.2 Å². The van der Waals surface area contributed by atoms with E-state index in [4.69, 9.17) is 22.2 Å². The highest BCUT2D eigenvalue weighted by Gasteiger charge is 2.67. The summed E-state index contributed by atoms with van der Waals surface area (Å²) >= 11 is 11.7. The van der Waals surface area contributed by atoms with Gasteiger partial charge in [-0.1, -0.05) is 76.8 Å². The van der Waals surface area contributed by atoms with Crippen molar-refractivity contribution in [1.82, 2.24) is 0 Å². The molecule has 1 unspecified atom stereocenters. The minimum absolute atomic E-state index is 0.0663. The molecule has 2 atom stereocenters. The molecule has 0 nitrogen and oxygen atoms in total. The van der Waals surface area contributed by atoms with Crippen molar-refractivity contribution in [3.8, 4) is 0 Å². The third-order valence-electron chi connectivity index (χ3n) is 4.71. The maximum absolute atomic E-state index is 14.5. The highest BCUT2D eigenvalue weighted by molar-refractivity contribution is 7.46. The van der Waals surface area contributed by atoms with Gasteiger partial charge in [0.1, 0.15) is 0 Å². The second-order valence-electron chi connectivity index (χ2n) is 7.65. The minimum atomic E-state index is -4.60. The van der Waals surface area contributed by atoms with Crippen molar-refractivity contribution < 1.29 is 22.0 Å². The Kier molecular flexibility index (Phi) is 9.08. The van der Waals surface area contributed by atoms with Crippen molar-refractivity contribution in [2.75, 3.05) is 0 Å². The summed E-state index contributed by atoms with van der Waals surface area (Å²) in [5.74, 6) is -3.77. The lowest BCUT2D eigenvalue weighted by Crippen LogP contribution is -2.56. The average molecular weight is 449 g/mol. The first kappa shape index (κ1) is 24.7. The first-order valence-electron chi connectivity index (χ1n) is 9.15. The molecule has 0 bridgehead atoms. The summed E-state index contributed by atoms with van der Waals surface area (Å²) in [6, 6.07) is 5.39. The van der Waals surface area contributed by atoms with Crippen LogP contribution in [0.3, 0.4) is 0 Å². The molecular weight excluding hydrogens is 422 g/mol. The standard InChI is InChI=1S/C19H27Cl2F5Si/c1-14(2)8-7-9-15(3)12-13-27(20,21)19(25,26)17(22)18(23,24)16-10-5-4-6-11-16/h4-6,10-11,14-15,17H,7-9,12-13H2,1-3H3/t15?,17-/m0/s1. The Morgan fingerprint density at radius 1 is 0.926 bits per heavy atom. The average Bonchev–Trinajstić information content (AvgIpc) is 2.59. The van der Waals surface area contributed by atoms with Gasteiger partial charge in [0.25, 0.3) is 5.55 Å². The maximum Gasteiger partial charge on any atom is 0.330 e. The summed E-state index contributed by atoms with van der Waals surface area (Å²) in [5.41, 5.74) is -5.30. The summed E-state index contributed by atoms with van der Waals surface area (Å²) in [5, 5.41) is 0. The predicted octanol–water partition coefficient (Wildman–Crippen LogP) is 8.06. The highest BCUT2D eigenvalue weighted by atomic mass is 35.7. The number of hydrogen-bond acceptors (Lipinski definition) is 0. The van der Waals surface area contributed by atoms with Crippen molar-refractivity contribution in [3.05, 3.63) is 35.9 Å². The zero-order chi connectivity index (χ0) is 20.9. The van der Waals surface area contributed by atoms with E-state index in [0.29, 0.717) is 5.92 Å². The van der Waals surface area contributed by atoms with E-state index in [1.807, 2.05) is 6.92 Å². The van der Waals surface area contributed by atoms with E-state index in [1.54, 1.807) is 0 Å². The van der Waals surface area contributed by atoms with Crippen LogP contribution in [0.1, 0.15) is 52.0 Å². The number of halogens is 7. The molecule has 0 amide bonds. The van der Waals surface area contributed by atoms with Gasteiger partial charge in [0, 0.05) is 5.56 Å². The SMILES string of the molecule is CC(C)CCCC(C)CC[Si](Cl)(Cl)C(F)(F)[C@@H](F)C(F)(F)c1ccccc1. The van der Waals surface area contributed by atoms with Crippen LogP contribution in [0.2, 0.25) is 6.04 Å². The Labute approximate surface area is 168 Å². The third-order valence-corrected chi connectivity index (χ3v) is 9.50. The summed E-state index contributed by atoms with van der Waals surface area (Å²) in [7, 11) is 0. The van der Waals surface area contributed by atoms with Crippen LogP contribution in [0, 0.1) is 11.8 Å². The molecule has 0 heterocycles. The lowest BCUT2D eigenvalue weighted by atomic mass is 9.98. The molecule has 0 aromatic heterocycles. The normalized spacial score (nSPS) is 15.8. The van der Waals surface area contributed by atoms with E-state index in [2.05, 4.69) is 13.8 Å². The Hall–Kier alpha value is -0.333. The van der Waals surface area contributed by atoms with Crippen LogP contribution in [0.5, 0.6) is 0 Å². The molecule has 0 radical (unpaired) electrons. The molecule has 1 aromatic rings. The Morgan fingerprint density at radius 3 is 2.00 bits per heavy atom. The van der Waals surface area contributed by atoms with Gasteiger partial charge in [-0.3, -0.25) is 0 Å². The van der Waals surface area contributed by atoms with Crippen LogP contribution >= 0.6 is 22.2 Å². The number of rotatable bonds is 11. The van der Waals surface area contributed by atoms with Gasteiger partial charge in [-0.25, -0.2) is 13.2 Å². The van der Waals surface area contributed by atoms with Crippen LogP contribution < -0.4 is 0 Å². The van der Waals surface area contributed by atoms with Crippen molar-refractivity contribution >= 4 is 28.9 Å². The molecule has 0 fully saturated rings. The Morgan fingerprint density at radius 2 is 1.48 bits per heavy atom. The van der Waals surface area contributed by atoms with Crippen molar-refractivity contribution in [2.45, 2.75) is 70.1 Å². The molecule has 0 saturated heterocycles. The van der Waals surface area contributed by atoms with Gasteiger partial charge in [-0.2, -0.15) is 8.78 Å². The van der Waals surface area contributed by atoms with Crippen molar-refractivity contribution in [3.63, 3.8) is 0 Å². The molecule has 1 aromatic carbocycles. The predicted molar refractivity (Wildman–Crippen MR) is 105 cm³/mol. The minimum Gasteiger partial charge on any atom is -0.234 e. The number of hydrogen-bond donors (Lipinski definition) is 0. The fraction of sp³-hybridized carbons (Fsp3) is 0.684. The molecule has 0 N–H and O–H groups in total. The summed E-state index contributed by atoms with van der Waals surface area (Å²) in [4.78, 5) is 0. The van der Waals surface area contributed by atoms with Gasteiger partial charge in [-0.05, 0) is 17.9 Å². The second-order valence-corrected chi connectivity index (χ2v) is 14.7. The number of benzene rings is 1. The van der Waals surface area contributed by atoms with Crippen molar-refractivity contribution in [2.24, 2.45) is 11.8 Å². The van der Waals surface area contributed by atoms with Gasteiger partial charge in [0.2, 0.25) is 6.17 Å². The molecule has 0 aliphatic carbocycles. The number of alkyl halides is 5. The van der Waals surface area contributed by atoms with Crippen molar-refractivity contribution in [1.29, 1.82) is 0 Å². The molecule has 27 heavy (non-hydrogen) atoms. The zero-order valence-corrected chi connectivity index (χ0v) is 18.3. The highest BCUT2D eigenvalue weighted by Crippen LogP contribution is 2.49. The molecule has 1 rings (SSSR count). The van der Waals surface area contributed by atoms with Crippen LogP contribution in [-0.2, 0) is 5.92 Å². The van der Waals surface area contributed by atoms with Gasteiger partial charge in [-0.15, -0.1) is 22.2 Å². The smallest absolute Gasteiger partial charge is 0.234 e. The molecule has 0 aliphatic rings. The van der Waals surface area contributed by atoms with Gasteiger partial charge in [0.15, 0.2) is 0 Å². The fourth-order valence-electron chi connectivity index (χ4n) is 2.83. The Balaban J connectivity index is 2.78. The second kappa shape index (κ2) is 9.93. The van der Waals surface area contributed by atoms with Gasteiger partial charge < -0.3 is 0 Å². The molecular formula is C19H27Cl2F5Si. The molecule has 0 aliphatic heterocycles. The van der Waals surface area contributed by atoms with Crippen LogP contribution in [0.25, 0.3) is 0 Å². The summed E-state index contributed by atoms with van der Waals surface area (Å²) in [6.45, 7) is 1.46. The third kappa shape index (κ3) is 6.60. The van der Waals surface area contributed by atoms with E-state index < -0.39 is 29.9 Å². The first-order chi connectivity index (χ1) is 12.3. The topological polar surface area (TPSA) is 0 Å². The van der Waals surface area contributed by atoms with Crippen LogP contribution in [0.15, 0.2) is 30.3 Å². The Bertz CT molecular complexity index is 566. The molecule has 0 saturated carbocycles. The van der Waals surface area contributed by atoms with E-state index in [9.17, 15) is 22.0 Å². The molecule has 8 heteroatoms. The van der Waals surface area contributed by atoms with E-state index in [-0.39, 0.29) is 18.4 Å². The molecule has 156 valence electrons. The van der Waals surface area contributed by atoms with E-state index in [0.717, 1.165) is 31.4 Å². The fourth-order valence-corrected chi connectivity index (χ4v) is 5.80. The lowest BCUT2D eigenvalue weighted by molar-refractivity contribution is -0.153. The first-order valence-corrected chi connectivity index (χ1v) is 13.4. The summed E-state index contributed by atoms with van der Waals surface area (Å²) < 4.78 is 71.9. The van der Waals surface area contributed by atoms with Crippen LogP contribution in [-0.4, -0.2) is 18.4 Å². The molecule has 0 spiro atoms. The quantitative estimate of drug-likeness (QED) is 0.182. The van der Waals surface area contributed by atoms with E-state index >= 15 is 0 Å². The zero-order valence-electron chi connectivity index (χ0n) is 15.8. The van der Waals surface area contributed by atoms with Crippen LogP contribution in [0.4, 0.5) is 22.0 Å². The lowest BCUT2D eigenvalue weighted by Gasteiger charge is -2.34. The van der Waals surface area contributed by atoms with Gasteiger partial charge in [0.05, 0.1) is 0 Å². The maximum atomic E-state index is 14.5. The summed E-state index contributed by atoms with van der Waals surface area (Å²) in [6.07, 6.45) is -0.754. The largest absolute Gasteiger partial charge is 0.330 e.